The fourth-order valence-electron chi connectivity index (χ4n) is 6.51. The van der Waals surface area contributed by atoms with Crippen LogP contribution in [0.4, 0.5) is 0 Å². The highest BCUT2D eigenvalue weighted by atomic mass is 16.1. The van der Waals surface area contributed by atoms with Crippen LogP contribution in [0.5, 0.6) is 0 Å². The van der Waals surface area contributed by atoms with Gasteiger partial charge < -0.3 is 0 Å². The SMILES string of the molecule is CCCCCCC(CCC)(CCCCCC)C(=O)C(CCC)(CCCCCC)CCCCCC. The van der Waals surface area contributed by atoms with Gasteiger partial charge in [-0.3, -0.25) is 4.79 Å². The Balaban J connectivity index is 5.98. The predicted octanol–water partition coefficient (Wildman–Crippen LogP) is 12.0. The van der Waals surface area contributed by atoms with E-state index in [1.807, 2.05) is 0 Å². The van der Waals surface area contributed by atoms with E-state index in [4.69, 9.17) is 0 Å². The molecular weight excluding hydrogens is 412 g/mol. The Bertz CT molecular complexity index is 387. The Morgan fingerprint density at radius 1 is 0.353 bits per heavy atom. The van der Waals surface area contributed by atoms with Crippen molar-refractivity contribution in [3.8, 4) is 0 Å². The van der Waals surface area contributed by atoms with Crippen molar-refractivity contribution >= 4 is 5.78 Å². The lowest BCUT2D eigenvalue weighted by molar-refractivity contribution is -0.143. The van der Waals surface area contributed by atoms with Gasteiger partial charge in [0.1, 0.15) is 5.78 Å². The summed E-state index contributed by atoms with van der Waals surface area (Å²) in [5, 5.41) is 0. The van der Waals surface area contributed by atoms with Gasteiger partial charge in [0, 0.05) is 10.8 Å². The zero-order valence-corrected chi connectivity index (χ0v) is 24.9. The second-order valence-electron chi connectivity index (χ2n) is 11.6. The molecule has 0 radical (unpaired) electrons. The van der Waals surface area contributed by atoms with Crippen LogP contribution in [-0.4, -0.2) is 5.78 Å². The molecule has 0 aliphatic carbocycles. The topological polar surface area (TPSA) is 17.1 Å². The van der Waals surface area contributed by atoms with E-state index in [1.54, 1.807) is 0 Å². The van der Waals surface area contributed by atoms with Crippen molar-refractivity contribution in [2.24, 2.45) is 10.8 Å². The van der Waals surface area contributed by atoms with Gasteiger partial charge >= 0.3 is 0 Å². The molecule has 0 aromatic rings. The Hall–Kier alpha value is -0.330. The number of carbonyl (C=O) groups is 1. The minimum absolute atomic E-state index is 0.0546. The molecule has 0 atom stereocenters. The van der Waals surface area contributed by atoms with Crippen molar-refractivity contribution < 1.29 is 4.79 Å². The van der Waals surface area contributed by atoms with Crippen molar-refractivity contribution in [3.05, 3.63) is 0 Å². The number of hydrogen-bond donors (Lipinski definition) is 0. The van der Waals surface area contributed by atoms with Crippen molar-refractivity contribution in [1.82, 2.24) is 0 Å². The van der Waals surface area contributed by atoms with Crippen LogP contribution in [0.25, 0.3) is 0 Å². The van der Waals surface area contributed by atoms with Gasteiger partial charge in [-0.2, -0.15) is 0 Å². The van der Waals surface area contributed by atoms with Crippen LogP contribution in [0.1, 0.15) is 196 Å². The number of ketones is 1. The molecule has 0 bridgehead atoms. The predicted molar refractivity (Wildman–Crippen MR) is 155 cm³/mol. The van der Waals surface area contributed by atoms with Gasteiger partial charge in [0.05, 0.1) is 0 Å². The van der Waals surface area contributed by atoms with E-state index in [1.165, 1.54) is 103 Å². The summed E-state index contributed by atoms with van der Waals surface area (Å²) in [6.45, 7) is 13.8. The van der Waals surface area contributed by atoms with Crippen LogP contribution in [0.2, 0.25) is 0 Å². The molecule has 0 saturated heterocycles. The van der Waals surface area contributed by atoms with E-state index in [-0.39, 0.29) is 10.8 Å². The molecule has 0 saturated carbocycles. The average Bonchev–Trinajstić information content (AvgIpc) is 2.84. The third-order valence-corrected chi connectivity index (χ3v) is 8.46. The molecule has 1 nitrogen and oxygen atoms in total. The first-order chi connectivity index (χ1) is 16.5. The maximum atomic E-state index is 14.9. The van der Waals surface area contributed by atoms with Gasteiger partial charge in [-0.25, -0.2) is 0 Å². The number of Topliss-reactive ketones (excluding diaryl/α,β-unsaturated/α-hetero) is 1. The number of hydrogen-bond acceptors (Lipinski definition) is 1. The first-order valence-electron chi connectivity index (χ1n) is 16.1. The maximum Gasteiger partial charge on any atom is 0.145 e. The number of rotatable bonds is 26. The molecule has 0 aliphatic heterocycles. The van der Waals surface area contributed by atoms with Crippen LogP contribution in [0.15, 0.2) is 0 Å². The Morgan fingerprint density at radius 3 is 0.824 bits per heavy atom. The third-order valence-electron chi connectivity index (χ3n) is 8.46. The van der Waals surface area contributed by atoms with Crippen LogP contribution in [-0.2, 0) is 4.79 Å². The average molecular weight is 479 g/mol. The summed E-state index contributed by atoms with van der Waals surface area (Å²) < 4.78 is 0. The van der Waals surface area contributed by atoms with Gasteiger partial charge in [-0.1, -0.05) is 157 Å². The van der Waals surface area contributed by atoms with Crippen molar-refractivity contribution in [1.29, 1.82) is 0 Å². The van der Waals surface area contributed by atoms with Gasteiger partial charge in [-0.05, 0) is 38.5 Å². The van der Waals surface area contributed by atoms with Crippen molar-refractivity contribution in [2.75, 3.05) is 0 Å². The molecule has 1 heteroatoms. The zero-order chi connectivity index (χ0) is 25.5. The summed E-state index contributed by atoms with van der Waals surface area (Å²) in [5.74, 6) is 0.727. The van der Waals surface area contributed by atoms with E-state index in [9.17, 15) is 4.79 Å². The van der Waals surface area contributed by atoms with E-state index in [0.717, 1.165) is 57.1 Å². The van der Waals surface area contributed by atoms with Crippen LogP contribution in [0.3, 0.4) is 0 Å². The smallest absolute Gasteiger partial charge is 0.145 e. The molecule has 0 rings (SSSR count). The van der Waals surface area contributed by atoms with E-state index >= 15 is 0 Å². The second kappa shape index (κ2) is 21.9. The molecule has 0 amide bonds. The molecule has 0 aromatic heterocycles. The Labute approximate surface area is 217 Å². The highest BCUT2D eigenvalue weighted by Crippen LogP contribution is 2.49. The lowest BCUT2D eigenvalue weighted by Crippen LogP contribution is -2.44. The summed E-state index contributed by atoms with van der Waals surface area (Å²) in [6, 6.07) is 0. The summed E-state index contributed by atoms with van der Waals surface area (Å²) in [4.78, 5) is 14.9. The Kier molecular flexibility index (Phi) is 21.7. The molecule has 0 heterocycles. The first kappa shape index (κ1) is 33.7. The lowest BCUT2D eigenvalue weighted by atomic mass is 9.59. The standard InChI is InChI=1S/C33H66O/c1-7-13-17-21-27-32(25-11-5,28-22-18-14-8-2)31(34)33(26-12-6,29-23-19-15-9-3)30-24-20-16-10-4/h7-30H2,1-6H3. The van der Waals surface area contributed by atoms with Gasteiger partial charge in [0.2, 0.25) is 0 Å². The van der Waals surface area contributed by atoms with Gasteiger partial charge in [0.15, 0.2) is 0 Å². The molecule has 0 unspecified atom stereocenters. The molecule has 0 fully saturated rings. The minimum atomic E-state index is -0.0546. The first-order valence-corrected chi connectivity index (χ1v) is 16.1. The Morgan fingerprint density at radius 2 is 0.618 bits per heavy atom. The van der Waals surface area contributed by atoms with E-state index in [2.05, 4.69) is 41.5 Å². The summed E-state index contributed by atoms with van der Waals surface area (Å²) in [7, 11) is 0. The largest absolute Gasteiger partial charge is 0.298 e. The number of carbonyl (C=O) groups excluding carboxylic acids is 1. The molecule has 34 heavy (non-hydrogen) atoms. The molecular formula is C33H66O. The third kappa shape index (κ3) is 13.1. The van der Waals surface area contributed by atoms with Crippen molar-refractivity contribution in [3.63, 3.8) is 0 Å². The monoisotopic (exact) mass is 479 g/mol. The minimum Gasteiger partial charge on any atom is -0.298 e. The fraction of sp³-hybridized carbons (Fsp3) is 0.970. The van der Waals surface area contributed by atoms with Gasteiger partial charge in [0.25, 0.3) is 0 Å². The fourth-order valence-corrected chi connectivity index (χ4v) is 6.51. The van der Waals surface area contributed by atoms with Gasteiger partial charge in [-0.15, -0.1) is 0 Å². The summed E-state index contributed by atoms with van der Waals surface area (Å²) in [5.41, 5.74) is -0.109. The van der Waals surface area contributed by atoms with Crippen molar-refractivity contribution in [2.45, 2.75) is 196 Å². The lowest BCUT2D eigenvalue weighted by Gasteiger charge is -2.43. The summed E-state index contributed by atoms with van der Waals surface area (Å²) in [6.07, 6.45) is 29.8. The van der Waals surface area contributed by atoms with E-state index < -0.39 is 0 Å². The quantitative estimate of drug-likeness (QED) is 0.113. The second-order valence-corrected chi connectivity index (χ2v) is 11.6. The number of unbranched alkanes of at least 4 members (excludes halogenated alkanes) is 12. The molecule has 0 spiro atoms. The zero-order valence-electron chi connectivity index (χ0n) is 24.9. The van der Waals surface area contributed by atoms with E-state index in [0.29, 0.717) is 0 Å². The molecule has 204 valence electrons. The highest BCUT2D eigenvalue weighted by Gasteiger charge is 2.47. The van der Waals surface area contributed by atoms with Crippen LogP contribution < -0.4 is 0 Å². The molecule has 0 N–H and O–H groups in total. The van der Waals surface area contributed by atoms with Crippen LogP contribution >= 0.6 is 0 Å². The maximum absolute atomic E-state index is 14.9. The summed E-state index contributed by atoms with van der Waals surface area (Å²) >= 11 is 0. The van der Waals surface area contributed by atoms with Crippen LogP contribution in [0, 0.1) is 10.8 Å². The molecule has 0 aliphatic rings. The molecule has 0 aromatic carbocycles. The highest BCUT2D eigenvalue weighted by molar-refractivity contribution is 5.90. The normalized spacial score (nSPS) is 12.4.